The molecule has 1 aliphatic heterocycles. The molecular weight excluding hydrogens is 196 g/mol. The average molecular weight is 212 g/mol. The van der Waals surface area contributed by atoms with Gasteiger partial charge in [0.1, 0.15) is 0 Å². The normalized spacial score (nSPS) is 14.9. The number of hydrogen-bond acceptors (Lipinski definition) is 1. The van der Waals surface area contributed by atoms with Crippen molar-refractivity contribution in [3.63, 3.8) is 0 Å². The highest BCUT2D eigenvalue weighted by molar-refractivity contribution is 5.75. The molecule has 2 nitrogen and oxygen atoms in total. The maximum absolute atomic E-state index is 3.75. The van der Waals surface area contributed by atoms with Gasteiger partial charge in [-0.05, 0) is 18.6 Å². The molecule has 0 saturated carbocycles. The topological polar surface area (TPSA) is 27.8 Å². The molecule has 2 heterocycles. The van der Waals surface area contributed by atoms with E-state index >= 15 is 0 Å². The van der Waals surface area contributed by atoms with Gasteiger partial charge in [-0.1, -0.05) is 25.3 Å². The Morgan fingerprint density at radius 3 is 2.88 bits per heavy atom. The van der Waals surface area contributed by atoms with Gasteiger partial charge in [0.05, 0.1) is 0 Å². The largest absolute Gasteiger partial charge is 0.357 e. The first-order chi connectivity index (χ1) is 7.77. The Bertz CT molecular complexity index is 497. The van der Waals surface area contributed by atoms with Crippen molar-refractivity contribution < 1.29 is 0 Å². The fourth-order valence-corrected chi connectivity index (χ4v) is 2.10. The first kappa shape index (κ1) is 10.7. The molecule has 0 radical (unpaired) electrons. The molecule has 1 aromatic rings. The highest BCUT2D eigenvalue weighted by Crippen LogP contribution is 2.28. The van der Waals surface area contributed by atoms with E-state index in [4.69, 9.17) is 0 Å². The van der Waals surface area contributed by atoms with Crippen molar-refractivity contribution in [1.29, 1.82) is 0 Å². The number of rotatable bonds is 2. The second kappa shape index (κ2) is 4.40. The van der Waals surface area contributed by atoms with Crippen LogP contribution in [0.5, 0.6) is 0 Å². The lowest BCUT2D eigenvalue weighted by Crippen LogP contribution is -2.22. The van der Waals surface area contributed by atoms with Crippen LogP contribution >= 0.6 is 0 Å². The molecule has 1 aliphatic rings. The Hall–Kier alpha value is -1.76. The van der Waals surface area contributed by atoms with Crippen LogP contribution in [0.4, 0.5) is 0 Å². The molecule has 2 N–H and O–H groups in total. The smallest absolute Gasteiger partial charge is 0.0419 e. The van der Waals surface area contributed by atoms with E-state index in [0.29, 0.717) is 0 Å². The van der Waals surface area contributed by atoms with E-state index in [1.807, 2.05) is 12.2 Å². The average Bonchev–Trinajstić information content (AvgIpc) is 2.64. The van der Waals surface area contributed by atoms with E-state index in [1.165, 1.54) is 16.8 Å². The molecule has 1 aromatic heterocycles. The summed E-state index contributed by atoms with van der Waals surface area (Å²) in [7, 11) is 0. The molecule has 82 valence electrons. The molecule has 2 rings (SSSR count). The Morgan fingerprint density at radius 2 is 2.19 bits per heavy atom. The van der Waals surface area contributed by atoms with Crippen LogP contribution in [-0.2, 0) is 6.54 Å². The predicted molar refractivity (Wildman–Crippen MR) is 69.0 cm³/mol. The Morgan fingerprint density at radius 1 is 1.38 bits per heavy atom. The monoisotopic (exact) mass is 212 g/mol. The fourth-order valence-electron chi connectivity index (χ4n) is 2.10. The number of fused-ring (bicyclic) bond motifs is 1. The molecule has 0 spiro atoms. The number of nitrogens with one attached hydrogen (secondary N) is 2. The van der Waals surface area contributed by atoms with E-state index < -0.39 is 0 Å². The summed E-state index contributed by atoms with van der Waals surface area (Å²) >= 11 is 0. The molecular formula is C14H16N2. The third kappa shape index (κ3) is 1.69. The van der Waals surface area contributed by atoms with Gasteiger partial charge in [0, 0.05) is 35.6 Å². The molecule has 0 saturated heterocycles. The number of H-pyrrole nitrogens is 1. The molecule has 0 unspecified atom stereocenters. The van der Waals surface area contributed by atoms with Crippen molar-refractivity contribution in [3.8, 4) is 0 Å². The van der Waals surface area contributed by atoms with Crippen LogP contribution in [0.2, 0.25) is 0 Å². The lowest BCUT2D eigenvalue weighted by molar-refractivity contribution is 0.728. The quantitative estimate of drug-likeness (QED) is 0.572. The highest BCUT2D eigenvalue weighted by Gasteiger charge is 2.19. The zero-order valence-electron chi connectivity index (χ0n) is 9.56. The minimum Gasteiger partial charge on any atom is -0.357 e. The van der Waals surface area contributed by atoms with Crippen LogP contribution in [0.15, 0.2) is 31.0 Å². The summed E-state index contributed by atoms with van der Waals surface area (Å²) < 4.78 is 0. The van der Waals surface area contributed by atoms with E-state index in [2.05, 4.69) is 36.1 Å². The van der Waals surface area contributed by atoms with Crippen molar-refractivity contribution in [2.75, 3.05) is 6.54 Å². The maximum atomic E-state index is 3.75. The van der Waals surface area contributed by atoms with Crippen LogP contribution in [0.1, 0.15) is 22.5 Å². The summed E-state index contributed by atoms with van der Waals surface area (Å²) in [5.74, 6) is 0. The van der Waals surface area contributed by atoms with E-state index in [0.717, 1.165) is 24.4 Å². The second-order valence-corrected chi connectivity index (χ2v) is 3.87. The maximum Gasteiger partial charge on any atom is 0.0419 e. The zero-order chi connectivity index (χ0) is 11.5. The van der Waals surface area contributed by atoms with Gasteiger partial charge in [0.15, 0.2) is 0 Å². The predicted octanol–water partition coefficient (Wildman–Crippen LogP) is 2.79. The van der Waals surface area contributed by atoms with Crippen LogP contribution in [0.3, 0.4) is 0 Å². The van der Waals surface area contributed by atoms with Crippen molar-refractivity contribution in [1.82, 2.24) is 10.3 Å². The third-order valence-corrected chi connectivity index (χ3v) is 2.88. The summed E-state index contributed by atoms with van der Waals surface area (Å²) in [6.07, 6.45) is 5.76. The van der Waals surface area contributed by atoms with Gasteiger partial charge >= 0.3 is 0 Å². The number of aromatic nitrogens is 1. The van der Waals surface area contributed by atoms with Gasteiger partial charge in [-0.2, -0.15) is 0 Å². The SMILES string of the molecule is C=C=C1CNCc2[nH]c(/C=C\C=C)c(C)c21. The number of hydrogen-bond donors (Lipinski definition) is 2. The Balaban J connectivity index is 2.55. The standard InChI is InChI=1S/C14H16N2/c1-4-6-7-12-10(3)14-11(5-2)8-15-9-13(14)16-12/h4,6-7,15-16H,1-2,8-9H2,3H3/b7-6-. The first-order valence-corrected chi connectivity index (χ1v) is 5.38. The molecule has 0 bridgehead atoms. The van der Waals surface area contributed by atoms with Gasteiger partial charge < -0.3 is 10.3 Å². The summed E-state index contributed by atoms with van der Waals surface area (Å²) in [6, 6.07) is 0. The molecule has 0 amide bonds. The van der Waals surface area contributed by atoms with Crippen LogP contribution in [0.25, 0.3) is 11.6 Å². The van der Waals surface area contributed by atoms with Crippen LogP contribution in [-0.4, -0.2) is 11.5 Å². The van der Waals surface area contributed by atoms with Gasteiger partial charge in [-0.25, -0.2) is 0 Å². The highest BCUT2D eigenvalue weighted by atomic mass is 14.9. The minimum absolute atomic E-state index is 0.847. The van der Waals surface area contributed by atoms with Crippen molar-refractivity contribution >= 4 is 11.6 Å². The summed E-state index contributed by atoms with van der Waals surface area (Å²) in [6.45, 7) is 11.3. The van der Waals surface area contributed by atoms with E-state index in [-0.39, 0.29) is 0 Å². The lowest BCUT2D eigenvalue weighted by atomic mass is 9.99. The molecule has 16 heavy (non-hydrogen) atoms. The zero-order valence-corrected chi connectivity index (χ0v) is 9.56. The van der Waals surface area contributed by atoms with Gasteiger partial charge in [0.2, 0.25) is 0 Å². The Kier molecular flexibility index (Phi) is 2.95. The molecule has 0 aliphatic carbocycles. The van der Waals surface area contributed by atoms with Gasteiger partial charge in [-0.15, -0.1) is 5.73 Å². The number of aromatic amines is 1. The first-order valence-electron chi connectivity index (χ1n) is 5.38. The van der Waals surface area contributed by atoms with E-state index in [1.54, 1.807) is 6.08 Å². The van der Waals surface area contributed by atoms with Crippen molar-refractivity contribution in [2.45, 2.75) is 13.5 Å². The minimum atomic E-state index is 0.847. The lowest BCUT2D eigenvalue weighted by Gasteiger charge is -2.15. The molecule has 0 aromatic carbocycles. The number of allylic oxidation sites excluding steroid dienone is 2. The van der Waals surface area contributed by atoms with Crippen molar-refractivity contribution in [2.24, 2.45) is 0 Å². The summed E-state index contributed by atoms with van der Waals surface area (Å²) in [5.41, 5.74) is 9.06. The molecule has 2 heteroatoms. The van der Waals surface area contributed by atoms with Gasteiger partial charge in [0.25, 0.3) is 0 Å². The van der Waals surface area contributed by atoms with Gasteiger partial charge in [-0.3, -0.25) is 0 Å². The van der Waals surface area contributed by atoms with Crippen LogP contribution in [0, 0.1) is 6.92 Å². The van der Waals surface area contributed by atoms with E-state index in [9.17, 15) is 0 Å². The van der Waals surface area contributed by atoms with Crippen molar-refractivity contribution in [3.05, 3.63) is 53.6 Å². The second-order valence-electron chi connectivity index (χ2n) is 3.87. The third-order valence-electron chi connectivity index (χ3n) is 2.88. The molecule has 0 fully saturated rings. The van der Waals surface area contributed by atoms with Crippen LogP contribution < -0.4 is 5.32 Å². The molecule has 0 atom stereocenters. The summed E-state index contributed by atoms with van der Waals surface area (Å²) in [5, 5.41) is 3.32. The summed E-state index contributed by atoms with van der Waals surface area (Å²) in [4.78, 5) is 3.42. The fraction of sp³-hybridized carbons (Fsp3) is 0.214. The Labute approximate surface area is 96.1 Å².